The van der Waals surface area contributed by atoms with Gasteiger partial charge in [0.1, 0.15) is 0 Å². The van der Waals surface area contributed by atoms with Crippen molar-refractivity contribution in [2.24, 2.45) is 5.92 Å². The van der Waals surface area contributed by atoms with Gasteiger partial charge < -0.3 is 9.55 Å². The Morgan fingerprint density at radius 2 is 2.18 bits per heavy atom. The second kappa shape index (κ2) is 5.52. The van der Waals surface area contributed by atoms with Crippen LogP contribution in [-0.2, 0) is 6.54 Å². The lowest BCUT2D eigenvalue weighted by molar-refractivity contribution is 0.515. The van der Waals surface area contributed by atoms with Crippen molar-refractivity contribution in [3.05, 3.63) is 26.5 Å². The Balaban J connectivity index is 2.27. The molecule has 1 heterocycles. The van der Waals surface area contributed by atoms with Gasteiger partial charge in [-0.15, -0.1) is 0 Å². The van der Waals surface area contributed by atoms with E-state index in [1.807, 2.05) is 0 Å². The van der Waals surface area contributed by atoms with E-state index in [1.54, 1.807) is 0 Å². The number of H-pyrrole nitrogens is 1. The fourth-order valence-electron chi connectivity index (χ4n) is 2.02. The molecular weight excluding hydrogens is 343 g/mol. The molecule has 0 atom stereocenters. The molecule has 4 heteroatoms. The molecule has 2 rings (SSSR count). The standard InChI is InChI=1S/C13H17IN2S/c1-9(2)4-3-7-16-12-6-5-10(14)8-11(12)15-13(16)17/h5-6,8-9H,3-4,7H2,1-2H3,(H,15,17). The molecule has 92 valence electrons. The van der Waals surface area contributed by atoms with Gasteiger partial charge in [-0.05, 0) is 71.8 Å². The summed E-state index contributed by atoms with van der Waals surface area (Å²) in [7, 11) is 0. The van der Waals surface area contributed by atoms with Crippen molar-refractivity contribution in [3.63, 3.8) is 0 Å². The van der Waals surface area contributed by atoms with E-state index in [9.17, 15) is 0 Å². The number of rotatable bonds is 4. The van der Waals surface area contributed by atoms with Crippen LogP contribution < -0.4 is 0 Å². The molecule has 0 spiro atoms. The molecule has 17 heavy (non-hydrogen) atoms. The van der Waals surface area contributed by atoms with E-state index in [1.165, 1.54) is 21.9 Å². The van der Waals surface area contributed by atoms with Gasteiger partial charge in [0, 0.05) is 10.1 Å². The Kier molecular flexibility index (Phi) is 4.25. The molecule has 0 radical (unpaired) electrons. The van der Waals surface area contributed by atoms with E-state index in [4.69, 9.17) is 12.2 Å². The summed E-state index contributed by atoms with van der Waals surface area (Å²) in [5.41, 5.74) is 2.37. The maximum atomic E-state index is 5.38. The van der Waals surface area contributed by atoms with E-state index in [2.05, 4.69) is 64.2 Å². The quantitative estimate of drug-likeness (QED) is 0.617. The van der Waals surface area contributed by atoms with E-state index >= 15 is 0 Å². The Labute approximate surface area is 121 Å². The van der Waals surface area contributed by atoms with Crippen LogP contribution in [-0.4, -0.2) is 9.55 Å². The van der Waals surface area contributed by atoms with Gasteiger partial charge in [-0.25, -0.2) is 0 Å². The van der Waals surface area contributed by atoms with Crippen molar-refractivity contribution in [3.8, 4) is 0 Å². The molecule has 0 bridgehead atoms. The van der Waals surface area contributed by atoms with Crippen LogP contribution >= 0.6 is 34.8 Å². The number of imidazole rings is 1. The number of benzene rings is 1. The van der Waals surface area contributed by atoms with Crippen LogP contribution in [0.3, 0.4) is 0 Å². The maximum Gasteiger partial charge on any atom is 0.178 e. The number of hydrogen-bond acceptors (Lipinski definition) is 1. The van der Waals surface area contributed by atoms with E-state index in [-0.39, 0.29) is 0 Å². The summed E-state index contributed by atoms with van der Waals surface area (Å²) in [5.74, 6) is 0.760. The predicted octanol–water partition coefficient (Wildman–Crippen LogP) is 4.74. The molecule has 2 nitrogen and oxygen atoms in total. The molecule has 0 aliphatic heterocycles. The largest absolute Gasteiger partial charge is 0.331 e. The summed E-state index contributed by atoms with van der Waals surface area (Å²) in [6.45, 7) is 5.53. The molecule has 1 aromatic carbocycles. The van der Waals surface area contributed by atoms with Crippen LogP contribution in [0.5, 0.6) is 0 Å². The van der Waals surface area contributed by atoms with Crippen molar-refractivity contribution in [2.45, 2.75) is 33.2 Å². The highest BCUT2D eigenvalue weighted by atomic mass is 127. The predicted molar refractivity (Wildman–Crippen MR) is 83.9 cm³/mol. The smallest absolute Gasteiger partial charge is 0.178 e. The third-order valence-electron chi connectivity index (χ3n) is 2.90. The molecule has 0 unspecified atom stereocenters. The minimum absolute atomic E-state index is 0.760. The topological polar surface area (TPSA) is 20.7 Å². The lowest BCUT2D eigenvalue weighted by Crippen LogP contribution is -1.99. The molecular formula is C13H17IN2S. The Morgan fingerprint density at radius 3 is 2.88 bits per heavy atom. The molecule has 0 fully saturated rings. The highest BCUT2D eigenvalue weighted by molar-refractivity contribution is 14.1. The fraction of sp³-hybridized carbons (Fsp3) is 0.462. The molecule has 2 aromatic rings. The van der Waals surface area contributed by atoms with Gasteiger partial charge in [-0.3, -0.25) is 0 Å². The summed E-state index contributed by atoms with van der Waals surface area (Å²) in [6.07, 6.45) is 2.43. The third kappa shape index (κ3) is 3.10. The summed E-state index contributed by atoms with van der Waals surface area (Å²) in [5, 5.41) is 0. The van der Waals surface area contributed by atoms with Gasteiger partial charge in [0.25, 0.3) is 0 Å². The van der Waals surface area contributed by atoms with Gasteiger partial charge in [0.05, 0.1) is 11.0 Å². The SMILES string of the molecule is CC(C)CCCn1c(=S)[nH]c2cc(I)ccc21. The Hall–Kier alpha value is -0.360. The average molecular weight is 360 g/mol. The van der Waals surface area contributed by atoms with Gasteiger partial charge >= 0.3 is 0 Å². The van der Waals surface area contributed by atoms with Crippen molar-refractivity contribution in [1.29, 1.82) is 0 Å². The first kappa shape index (κ1) is 13.1. The van der Waals surface area contributed by atoms with Crippen molar-refractivity contribution in [1.82, 2.24) is 9.55 Å². The number of aromatic amines is 1. The molecule has 0 saturated carbocycles. The van der Waals surface area contributed by atoms with Crippen LogP contribution in [0.15, 0.2) is 18.2 Å². The highest BCUT2D eigenvalue weighted by Crippen LogP contribution is 2.18. The first-order valence-electron chi connectivity index (χ1n) is 5.96. The van der Waals surface area contributed by atoms with Gasteiger partial charge in [-0.2, -0.15) is 0 Å². The van der Waals surface area contributed by atoms with Gasteiger partial charge in [0.15, 0.2) is 4.77 Å². The maximum absolute atomic E-state index is 5.38. The minimum atomic E-state index is 0.760. The van der Waals surface area contributed by atoms with Crippen LogP contribution in [0.25, 0.3) is 11.0 Å². The molecule has 1 N–H and O–H groups in total. The molecule has 0 saturated heterocycles. The third-order valence-corrected chi connectivity index (χ3v) is 3.89. The number of aryl methyl sites for hydroxylation is 1. The summed E-state index contributed by atoms with van der Waals surface area (Å²) >= 11 is 7.70. The van der Waals surface area contributed by atoms with Crippen LogP contribution in [0.1, 0.15) is 26.7 Å². The van der Waals surface area contributed by atoms with E-state index < -0.39 is 0 Å². The normalized spacial score (nSPS) is 11.5. The second-order valence-electron chi connectivity index (χ2n) is 4.78. The van der Waals surface area contributed by atoms with Crippen LogP contribution in [0.4, 0.5) is 0 Å². The summed E-state index contributed by atoms with van der Waals surface area (Å²) in [6, 6.07) is 6.42. The zero-order valence-electron chi connectivity index (χ0n) is 10.2. The zero-order valence-corrected chi connectivity index (χ0v) is 13.1. The van der Waals surface area contributed by atoms with Gasteiger partial charge in [0.2, 0.25) is 0 Å². The minimum Gasteiger partial charge on any atom is -0.331 e. The van der Waals surface area contributed by atoms with E-state index in [0.29, 0.717) is 0 Å². The molecule has 0 aliphatic carbocycles. The first-order valence-corrected chi connectivity index (χ1v) is 7.44. The fourth-order valence-corrected chi connectivity index (χ4v) is 2.81. The zero-order chi connectivity index (χ0) is 12.4. The molecule has 0 aliphatic rings. The molecule has 1 aromatic heterocycles. The van der Waals surface area contributed by atoms with Crippen LogP contribution in [0, 0.1) is 14.3 Å². The number of aromatic nitrogens is 2. The highest BCUT2D eigenvalue weighted by Gasteiger charge is 2.04. The first-order chi connectivity index (χ1) is 8.08. The summed E-state index contributed by atoms with van der Waals surface area (Å²) < 4.78 is 4.29. The van der Waals surface area contributed by atoms with Gasteiger partial charge in [-0.1, -0.05) is 13.8 Å². The van der Waals surface area contributed by atoms with E-state index in [0.717, 1.165) is 22.8 Å². The Bertz CT molecular complexity index is 568. The van der Waals surface area contributed by atoms with Crippen molar-refractivity contribution < 1.29 is 0 Å². The lowest BCUT2D eigenvalue weighted by Gasteiger charge is -2.06. The average Bonchev–Trinajstić information content (AvgIpc) is 2.54. The Morgan fingerprint density at radius 1 is 1.41 bits per heavy atom. The number of nitrogens with zero attached hydrogens (tertiary/aromatic N) is 1. The number of halogens is 1. The number of nitrogens with one attached hydrogen (secondary N) is 1. The van der Waals surface area contributed by atoms with Crippen molar-refractivity contribution in [2.75, 3.05) is 0 Å². The second-order valence-corrected chi connectivity index (χ2v) is 6.41. The lowest BCUT2D eigenvalue weighted by atomic mass is 10.1. The molecule has 0 amide bonds. The van der Waals surface area contributed by atoms with Crippen LogP contribution in [0.2, 0.25) is 0 Å². The number of hydrogen-bond donors (Lipinski definition) is 1. The van der Waals surface area contributed by atoms with Crippen molar-refractivity contribution >= 4 is 45.8 Å². The number of fused-ring (bicyclic) bond motifs is 1. The monoisotopic (exact) mass is 360 g/mol. The summed E-state index contributed by atoms with van der Waals surface area (Å²) in [4.78, 5) is 3.28.